The van der Waals surface area contributed by atoms with Gasteiger partial charge in [-0.05, 0) is 43.2 Å². The minimum atomic E-state index is 0.0580. The standard InChI is InChI=1S/C23H30N2O3S/c1-17-4-5-18(2)22(14-17)29-16-23(26)24-15-21(25-10-12-28-13-11-25)19-6-8-20(27-3)9-7-19/h4-9,14,21H,10-13,15-16H2,1-3H3,(H,24,26)/t21-/m1/s1. The van der Waals surface area contributed by atoms with Crippen molar-refractivity contribution in [3.63, 3.8) is 0 Å². The van der Waals surface area contributed by atoms with Crippen LogP contribution >= 0.6 is 11.8 Å². The largest absolute Gasteiger partial charge is 0.497 e. The Hall–Kier alpha value is -2.02. The van der Waals surface area contributed by atoms with Gasteiger partial charge in [-0.3, -0.25) is 9.69 Å². The molecule has 0 radical (unpaired) electrons. The number of benzene rings is 2. The molecule has 2 aromatic carbocycles. The van der Waals surface area contributed by atoms with Crippen LogP contribution in [0.1, 0.15) is 22.7 Å². The van der Waals surface area contributed by atoms with Crippen LogP contribution in [-0.2, 0) is 9.53 Å². The molecule has 1 saturated heterocycles. The zero-order chi connectivity index (χ0) is 20.6. The number of amides is 1. The van der Waals surface area contributed by atoms with Crippen molar-refractivity contribution in [3.05, 3.63) is 59.2 Å². The summed E-state index contributed by atoms with van der Waals surface area (Å²) in [6.45, 7) is 7.92. The molecular formula is C23H30N2O3S. The van der Waals surface area contributed by atoms with Crippen LogP contribution in [0, 0.1) is 13.8 Å². The number of carbonyl (C=O) groups excluding carboxylic acids is 1. The third kappa shape index (κ3) is 6.23. The van der Waals surface area contributed by atoms with Crippen molar-refractivity contribution in [3.8, 4) is 5.75 Å². The highest BCUT2D eigenvalue weighted by Crippen LogP contribution is 2.25. The molecule has 0 bridgehead atoms. The predicted molar refractivity (Wildman–Crippen MR) is 118 cm³/mol. The van der Waals surface area contributed by atoms with Crippen LogP contribution in [0.15, 0.2) is 47.4 Å². The summed E-state index contributed by atoms with van der Waals surface area (Å²) in [5.74, 6) is 1.31. The summed E-state index contributed by atoms with van der Waals surface area (Å²) in [7, 11) is 1.67. The van der Waals surface area contributed by atoms with Crippen LogP contribution < -0.4 is 10.1 Å². The van der Waals surface area contributed by atoms with E-state index in [0.717, 1.165) is 32.1 Å². The van der Waals surface area contributed by atoms with E-state index in [4.69, 9.17) is 9.47 Å². The van der Waals surface area contributed by atoms with Crippen LogP contribution in [0.4, 0.5) is 0 Å². The monoisotopic (exact) mass is 414 g/mol. The maximum atomic E-state index is 12.5. The van der Waals surface area contributed by atoms with Crippen LogP contribution in [0.2, 0.25) is 0 Å². The molecule has 0 unspecified atom stereocenters. The zero-order valence-corrected chi connectivity index (χ0v) is 18.3. The molecule has 1 aliphatic rings. The number of hydrogen-bond donors (Lipinski definition) is 1. The van der Waals surface area contributed by atoms with Gasteiger partial charge in [0.25, 0.3) is 0 Å². The lowest BCUT2D eigenvalue weighted by molar-refractivity contribution is -0.118. The number of thioether (sulfide) groups is 1. The molecule has 1 aliphatic heterocycles. The van der Waals surface area contributed by atoms with E-state index in [1.807, 2.05) is 12.1 Å². The molecule has 2 aromatic rings. The summed E-state index contributed by atoms with van der Waals surface area (Å²) in [5.41, 5.74) is 3.60. The molecule has 0 aliphatic carbocycles. The first-order chi connectivity index (χ1) is 14.1. The summed E-state index contributed by atoms with van der Waals surface area (Å²) >= 11 is 1.60. The second-order valence-electron chi connectivity index (χ2n) is 7.30. The molecule has 1 atom stereocenters. The molecule has 1 fully saturated rings. The quantitative estimate of drug-likeness (QED) is 0.669. The Labute approximate surface area is 177 Å². The van der Waals surface area contributed by atoms with Crippen molar-refractivity contribution in [1.82, 2.24) is 10.2 Å². The Morgan fingerprint density at radius 2 is 1.90 bits per heavy atom. The normalized spacial score (nSPS) is 15.7. The first-order valence-corrected chi connectivity index (χ1v) is 11.0. The first-order valence-electron chi connectivity index (χ1n) is 9.99. The third-order valence-electron chi connectivity index (χ3n) is 5.18. The van der Waals surface area contributed by atoms with Gasteiger partial charge in [-0.1, -0.05) is 29.8 Å². The molecule has 0 saturated carbocycles. The molecule has 1 amide bonds. The fraction of sp³-hybridized carbons (Fsp3) is 0.435. The van der Waals surface area contributed by atoms with Gasteiger partial charge < -0.3 is 14.8 Å². The summed E-state index contributed by atoms with van der Waals surface area (Å²) in [6, 6.07) is 14.6. The Morgan fingerprint density at radius 1 is 1.17 bits per heavy atom. The van der Waals surface area contributed by atoms with Crippen LogP contribution in [-0.4, -0.2) is 56.5 Å². The highest BCUT2D eigenvalue weighted by molar-refractivity contribution is 8.00. The van der Waals surface area contributed by atoms with E-state index < -0.39 is 0 Å². The number of methoxy groups -OCH3 is 1. The van der Waals surface area contributed by atoms with Gasteiger partial charge in [-0.25, -0.2) is 0 Å². The highest BCUT2D eigenvalue weighted by atomic mass is 32.2. The van der Waals surface area contributed by atoms with Crippen molar-refractivity contribution in [2.75, 3.05) is 45.7 Å². The van der Waals surface area contributed by atoms with Crippen LogP contribution in [0.5, 0.6) is 5.75 Å². The van der Waals surface area contributed by atoms with Gasteiger partial charge in [-0.2, -0.15) is 0 Å². The Kier molecular flexibility index (Phi) is 7.98. The van der Waals surface area contributed by atoms with E-state index in [-0.39, 0.29) is 11.9 Å². The SMILES string of the molecule is COc1ccc([C@@H](CNC(=O)CSc2cc(C)ccc2C)N2CCOCC2)cc1. The van der Waals surface area contributed by atoms with Gasteiger partial charge in [-0.15, -0.1) is 11.8 Å². The molecule has 5 nitrogen and oxygen atoms in total. The molecule has 1 heterocycles. The Balaban J connectivity index is 1.61. The first kappa shape index (κ1) is 21.7. The van der Waals surface area contributed by atoms with Crippen molar-refractivity contribution >= 4 is 17.7 Å². The summed E-state index contributed by atoms with van der Waals surface area (Å²) in [6.07, 6.45) is 0. The minimum Gasteiger partial charge on any atom is -0.497 e. The van der Waals surface area contributed by atoms with E-state index in [1.54, 1.807) is 18.9 Å². The summed E-state index contributed by atoms with van der Waals surface area (Å²) in [4.78, 5) is 16.1. The average molecular weight is 415 g/mol. The number of rotatable bonds is 8. The molecule has 29 heavy (non-hydrogen) atoms. The minimum absolute atomic E-state index is 0.0580. The van der Waals surface area contributed by atoms with Gasteiger partial charge in [0.2, 0.25) is 5.91 Å². The van der Waals surface area contributed by atoms with Gasteiger partial charge in [0.15, 0.2) is 0 Å². The third-order valence-corrected chi connectivity index (χ3v) is 6.34. The van der Waals surface area contributed by atoms with Gasteiger partial charge in [0.1, 0.15) is 5.75 Å². The molecular weight excluding hydrogens is 384 g/mol. The second kappa shape index (κ2) is 10.7. The second-order valence-corrected chi connectivity index (χ2v) is 8.32. The number of nitrogens with one attached hydrogen (secondary N) is 1. The number of aryl methyl sites for hydroxylation is 2. The average Bonchev–Trinajstić information content (AvgIpc) is 2.75. The fourth-order valence-electron chi connectivity index (χ4n) is 3.44. The lowest BCUT2D eigenvalue weighted by atomic mass is 10.0. The van der Waals surface area contributed by atoms with Crippen LogP contribution in [0.3, 0.4) is 0 Å². The zero-order valence-electron chi connectivity index (χ0n) is 17.4. The lowest BCUT2D eigenvalue weighted by Crippen LogP contribution is -2.44. The maximum absolute atomic E-state index is 12.5. The van der Waals surface area contributed by atoms with Crippen molar-refractivity contribution < 1.29 is 14.3 Å². The van der Waals surface area contributed by atoms with E-state index >= 15 is 0 Å². The maximum Gasteiger partial charge on any atom is 0.230 e. The number of nitrogens with zero attached hydrogens (tertiary/aromatic N) is 1. The van der Waals surface area contributed by atoms with Gasteiger partial charge >= 0.3 is 0 Å². The number of morpholine rings is 1. The van der Waals surface area contributed by atoms with Gasteiger partial charge in [0, 0.05) is 24.5 Å². The van der Waals surface area contributed by atoms with E-state index in [0.29, 0.717) is 12.3 Å². The highest BCUT2D eigenvalue weighted by Gasteiger charge is 2.23. The smallest absolute Gasteiger partial charge is 0.230 e. The molecule has 0 aromatic heterocycles. The molecule has 6 heteroatoms. The summed E-state index contributed by atoms with van der Waals surface area (Å²) < 4.78 is 10.8. The van der Waals surface area contributed by atoms with Crippen molar-refractivity contribution in [2.45, 2.75) is 24.8 Å². The van der Waals surface area contributed by atoms with Crippen molar-refractivity contribution in [1.29, 1.82) is 0 Å². The fourth-order valence-corrected chi connectivity index (χ4v) is 4.39. The Morgan fingerprint density at radius 3 is 2.59 bits per heavy atom. The van der Waals surface area contributed by atoms with E-state index in [2.05, 4.69) is 54.4 Å². The van der Waals surface area contributed by atoms with E-state index in [1.165, 1.54) is 21.6 Å². The van der Waals surface area contributed by atoms with E-state index in [9.17, 15) is 4.79 Å². The molecule has 1 N–H and O–H groups in total. The van der Waals surface area contributed by atoms with Gasteiger partial charge in [0.05, 0.1) is 32.1 Å². The molecule has 0 spiro atoms. The van der Waals surface area contributed by atoms with Crippen molar-refractivity contribution in [2.24, 2.45) is 0 Å². The number of hydrogen-bond acceptors (Lipinski definition) is 5. The van der Waals surface area contributed by atoms with Crippen LogP contribution in [0.25, 0.3) is 0 Å². The topological polar surface area (TPSA) is 50.8 Å². The number of carbonyl (C=O) groups is 1. The lowest BCUT2D eigenvalue weighted by Gasteiger charge is -2.35. The number of ether oxygens (including phenoxy) is 2. The Bertz CT molecular complexity index is 804. The molecule has 156 valence electrons. The molecule has 3 rings (SSSR count). The summed E-state index contributed by atoms with van der Waals surface area (Å²) in [5, 5.41) is 3.14. The predicted octanol–water partition coefficient (Wildman–Crippen LogP) is 3.59.